The van der Waals surface area contributed by atoms with Gasteiger partial charge in [-0.15, -0.1) is 0 Å². The van der Waals surface area contributed by atoms with Crippen molar-refractivity contribution in [3.8, 4) is 0 Å². The van der Waals surface area contributed by atoms with Crippen molar-refractivity contribution in [2.45, 2.75) is 70.5 Å². The summed E-state index contributed by atoms with van der Waals surface area (Å²) in [6, 6.07) is 6.94. The highest BCUT2D eigenvalue weighted by Gasteiger charge is 2.55. The van der Waals surface area contributed by atoms with E-state index in [0.29, 0.717) is 31.5 Å². The Balaban J connectivity index is 1.76. The third-order valence-corrected chi connectivity index (χ3v) is 8.77. The molecule has 9 nitrogen and oxygen atoms in total. The fourth-order valence-electron chi connectivity index (χ4n) is 4.67. The first-order chi connectivity index (χ1) is 15.2. The van der Waals surface area contributed by atoms with Gasteiger partial charge in [-0.2, -0.15) is 0 Å². The molecule has 2 heterocycles. The van der Waals surface area contributed by atoms with Gasteiger partial charge in [-0.25, -0.2) is 4.79 Å². The highest BCUT2D eigenvalue weighted by molar-refractivity contribution is 6.71. The molecule has 0 radical (unpaired) electrons. The number of rotatable bonds is 9. The number of amides is 2. The van der Waals surface area contributed by atoms with Crippen LogP contribution in [0.4, 0.5) is 10.5 Å². The normalized spacial score (nSPS) is 23.3. The molecule has 1 aromatic carbocycles. The summed E-state index contributed by atoms with van der Waals surface area (Å²) in [5.74, 6) is -0.130. The van der Waals surface area contributed by atoms with E-state index >= 15 is 0 Å². The van der Waals surface area contributed by atoms with E-state index in [2.05, 4.69) is 25.3 Å². The van der Waals surface area contributed by atoms with Gasteiger partial charge in [0.25, 0.3) is 5.69 Å². The third kappa shape index (κ3) is 5.47. The number of nitro groups is 1. The number of non-ortho nitro benzene ring substituents is 1. The first kappa shape index (κ1) is 24.2. The fourth-order valence-corrected chi connectivity index (χ4v) is 7.31. The van der Waals surface area contributed by atoms with Crippen LogP contribution in [0.25, 0.3) is 0 Å². The molecular formula is C22H33N3O6Si. The summed E-state index contributed by atoms with van der Waals surface area (Å²) >= 11 is 0. The van der Waals surface area contributed by atoms with E-state index in [0.717, 1.165) is 25.3 Å². The van der Waals surface area contributed by atoms with E-state index in [4.69, 9.17) is 9.16 Å². The van der Waals surface area contributed by atoms with E-state index in [1.807, 2.05) is 0 Å². The van der Waals surface area contributed by atoms with Gasteiger partial charge in [0, 0.05) is 37.6 Å². The average Bonchev–Trinajstić information content (AvgIpc) is 3.37. The van der Waals surface area contributed by atoms with Crippen LogP contribution < -0.4 is 5.32 Å². The first-order valence-electron chi connectivity index (χ1n) is 11.3. The second-order valence-electron chi connectivity index (χ2n) is 9.25. The van der Waals surface area contributed by atoms with Crippen LogP contribution in [0.5, 0.6) is 0 Å². The van der Waals surface area contributed by atoms with Crippen LogP contribution in [-0.4, -0.2) is 49.0 Å². The van der Waals surface area contributed by atoms with E-state index in [1.54, 1.807) is 17.0 Å². The summed E-state index contributed by atoms with van der Waals surface area (Å²) in [5, 5.41) is 13.7. The molecule has 2 unspecified atom stereocenters. The van der Waals surface area contributed by atoms with Gasteiger partial charge in [-0.1, -0.05) is 19.8 Å². The lowest BCUT2D eigenvalue weighted by Gasteiger charge is -2.46. The number of unbranched alkanes of at least 4 members (excludes halogenated alkanes) is 1. The zero-order chi connectivity index (χ0) is 23.4. The molecule has 2 aliphatic rings. The topological polar surface area (TPSA) is 111 Å². The lowest BCUT2D eigenvalue weighted by atomic mass is 9.92. The molecule has 0 saturated carbocycles. The Labute approximate surface area is 189 Å². The minimum Gasteiger partial charge on any atom is -0.444 e. The van der Waals surface area contributed by atoms with Crippen LogP contribution in [0.1, 0.15) is 44.6 Å². The highest BCUT2D eigenvalue weighted by atomic mass is 28.4. The lowest BCUT2D eigenvalue weighted by molar-refractivity contribution is -0.384. The number of ether oxygens (including phenoxy) is 1. The van der Waals surface area contributed by atoms with Crippen molar-refractivity contribution in [3.05, 3.63) is 39.9 Å². The molecule has 2 saturated heterocycles. The summed E-state index contributed by atoms with van der Waals surface area (Å²) in [4.78, 5) is 37.2. The predicted octanol–water partition coefficient (Wildman–Crippen LogP) is 4.18. The van der Waals surface area contributed by atoms with E-state index < -0.39 is 25.1 Å². The maximum Gasteiger partial charge on any atom is 0.412 e. The molecule has 32 heavy (non-hydrogen) atoms. The highest BCUT2D eigenvalue weighted by Crippen LogP contribution is 2.43. The van der Waals surface area contributed by atoms with Gasteiger partial charge in [0.1, 0.15) is 12.3 Å². The zero-order valence-electron chi connectivity index (χ0n) is 19.1. The molecule has 2 aliphatic heterocycles. The molecule has 2 amide bonds. The van der Waals surface area contributed by atoms with Gasteiger partial charge < -0.3 is 14.5 Å². The predicted molar refractivity (Wildman–Crippen MR) is 121 cm³/mol. The molecule has 1 N–H and O–H groups in total. The molecule has 0 bridgehead atoms. The number of carbonyl (C=O) groups excluding carboxylic acids is 2. The van der Waals surface area contributed by atoms with Gasteiger partial charge in [-0.05, 0) is 49.7 Å². The minimum atomic E-state index is -2.10. The van der Waals surface area contributed by atoms with Crippen molar-refractivity contribution in [3.63, 3.8) is 0 Å². The molecule has 0 aromatic heterocycles. The quantitative estimate of drug-likeness (QED) is 0.334. The second kappa shape index (κ2) is 9.99. The van der Waals surface area contributed by atoms with Crippen molar-refractivity contribution < 1.29 is 23.7 Å². The minimum absolute atomic E-state index is 0.00953. The van der Waals surface area contributed by atoms with E-state index in [1.165, 1.54) is 12.1 Å². The molecular weight excluding hydrogens is 430 g/mol. The monoisotopic (exact) mass is 463 g/mol. The lowest BCUT2D eigenvalue weighted by Crippen LogP contribution is -2.59. The van der Waals surface area contributed by atoms with Crippen LogP contribution in [-0.2, 0) is 20.6 Å². The number of nitro benzene ring substituents is 1. The maximum atomic E-state index is 13.2. The Morgan fingerprint density at radius 3 is 2.66 bits per heavy atom. The molecule has 2 atom stereocenters. The van der Waals surface area contributed by atoms with Crippen LogP contribution >= 0.6 is 0 Å². The first-order valence-corrected chi connectivity index (χ1v) is 14.4. The number of hydrogen-bond donors (Lipinski definition) is 1. The Morgan fingerprint density at radius 1 is 1.34 bits per heavy atom. The van der Waals surface area contributed by atoms with E-state index in [9.17, 15) is 19.7 Å². The average molecular weight is 464 g/mol. The van der Waals surface area contributed by atoms with Crippen molar-refractivity contribution >= 4 is 26.0 Å². The summed E-state index contributed by atoms with van der Waals surface area (Å²) in [5.41, 5.74) is -0.176. The van der Waals surface area contributed by atoms with Crippen molar-refractivity contribution in [1.29, 1.82) is 0 Å². The molecule has 0 spiro atoms. The number of benzene rings is 1. The number of nitrogens with one attached hydrogen (secondary N) is 1. The van der Waals surface area contributed by atoms with Crippen molar-refractivity contribution in [2.24, 2.45) is 5.92 Å². The summed E-state index contributed by atoms with van der Waals surface area (Å²) < 4.78 is 12.4. The number of likely N-dealkylation sites (tertiary alicyclic amines) is 1. The SMILES string of the molecule is CCCC[Si](C)(C)OC1(C2CNC(=O)C2)CCCN1C(=O)OCc1ccc([N+](=O)[O-])cc1. The van der Waals surface area contributed by atoms with Crippen molar-refractivity contribution in [1.82, 2.24) is 10.2 Å². The van der Waals surface area contributed by atoms with E-state index in [-0.39, 0.29) is 24.1 Å². The maximum absolute atomic E-state index is 13.2. The van der Waals surface area contributed by atoms with Gasteiger partial charge in [0.15, 0.2) is 8.32 Å². The van der Waals surface area contributed by atoms with Crippen LogP contribution in [0.2, 0.25) is 19.1 Å². The number of carbonyl (C=O) groups is 2. The van der Waals surface area contributed by atoms with Gasteiger partial charge in [-0.3, -0.25) is 19.8 Å². The Kier molecular flexibility index (Phi) is 7.55. The molecule has 2 fully saturated rings. The zero-order valence-corrected chi connectivity index (χ0v) is 20.1. The van der Waals surface area contributed by atoms with Crippen LogP contribution in [0, 0.1) is 16.0 Å². The number of nitrogens with zero attached hydrogens (tertiary/aromatic N) is 2. The Morgan fingerprint density at radius 2 is 2.06 bits per heavy atom. The summed E-state index contributed by atoms with van der Waals surface area (Å²) in [6.45, 7) is 7.52. The standard InChI is InChI=1S/C22H33N3O6Si/c1-4-5-13-32(2,3)31-22(18-14-20(26)23-15-18)11-6-12-24(22)21(27)30-16-17-7-9-19(10-8-17)25(28)29/h7-10,18H,4-6,11-16H2,1-3H3,(H,23,26). The molecule has 176 valence electrons. The number of hydrogen-bond acceptors (Lipinski definition) is 6. The Hall–Kier alpha value is -2.46. The third-order valence-electron chi connectivity index (χ3n) is 6.30. The van der Waals surface area contributed by atoms with Gasteiger partial charge in [0.2, 0.25) is 5.91 Å². The van der Waals surface area contributed by atoms with Crippen LogP contribution in [0.15, 0.2) is 24.3 Å². The summed E-state index contributed by atoms with van der Waals surface area (Å²) in [7, 11) is -2.10. The Bertz CT molecular complexity index is 847. The van der Waals surface area contributed by atoms with Crippen molar-refractivity contribution in [2.75, 3.05) is 13.1 Å². The fraction of sp³-hybridized carbons (Fsp3) is 0.636. The smallest absolute Gasteiger partial charge is 0.412 e. The molecule has 3 rings (SSSR count). The molecule has 10 heteroatoms. The van der Waals surface area contributed by atoms with Gasteiger partial charge >= 0.3 is 6.09 Å². The van der Waals surface area contributed by atoms with Gasteiger partial charge in [0.05, 0.1) is 4.92 Å². The molecule has 1 aromatic rings. The summed E-state index contributed by atoms with van der Waals surface area (Å²) in [6.07, 6.45) is 3.49. The molecule has 0 aliphatic carbocycles. The second-order valence-corrected chi connectivity index (χ2v) is 13.5. The largest absolute Gasteiger partial charge is 0.444 e. The van der Waals surface area contributed by atoms with Crippen LogP contribution in [0.3, 0.4) is 0 Å².